The Morgan fingerprint density at radius 2 is 1.96 bits per heavy atom. The number of guanidine groups is 1. The zero-order valence-electron chi connectivity index (χ0n) is 15.5. The van der Waals surface area contributed by atoms with Gasteiger partial charge >= 0.3 is 6.09 Å². The summed E-state index contributed by atoms with van der Waals surface area (Å²) in [6.45, 7) is 8.09. The normalized spacial score (nSPS) is 11.2. The second-order valence-electron chi connectivity index (χ2n) is 5.60. The van der Waals surface area contributed by atoms with Gasteiger partial charge in [-0.25, -0.2) is 14.8 Å². The lowest BCUT2D eigenvalue weighted by Gasteiger charge is -2.11. The minimum Gasteiger partial charge on any atom is -0.453 e. The summed E-state index contributed by atoms with van der Waals surface area (Å²) in [5, 5.41) is 10.3. The Kier molecular flexibility index (Phi) is 7.40. The third kappa shape index (κ3) is 6.03. The topological polar surface area (TPSA) is 87.6 Å². The molecule has 1 aromatic heterocycles. The van der Waals surface area contributed by atoms with Crippen molar-refractivity contribution in [3.63, 3.8) is 0 Å². The van der Waals surface area contributed by atoms with Crippen molar-refractivity contribution in [3.05, 3.63) is 45.4 Å². The Labute approximate surface area is 157 Å². The molecule has 7 nitrogen and oxygen atoms in total. The maximum absolute atomic E-state index is 11.2. The van der Waals surface area contributed by atoms with Crippen LogP contribution in [0.4, 0.5) is 10.5 Å². The van der Waals surface area contributed by atoms with Gasteiger partial charge < -0.3 is 15.4 Å². The van der Waals surface area contributed by atoms with Crippen LogP contribution in [0.2, 0.25) is 0 Å². The molecule has 0 atom stereocenters. The van der Waals surface area contributed by atoms with Crippen LogP contribution in [-0.2, 0) is 17.8 Å². The molecule has 0 aliphatic carbocycles. The Bertz CT molecular complexity index is 755. The quantitative estimate of drug-likeness (QED) is 0.533. The molecule has 0 radical (unpaired) electrons. The fraction of sp³-hybridized carbons (Fsp3) is 0.389. The number of aromatic nitrogens is 1. The Morgan fingerprint density at radius 1 is 1.23 bits per heavy atom. The average Bonchev–Trinajstić information content (AvgIpc) is 2.95. The average molecular weight is 375 g/mol. The summed E-state index contributed by atoms with van der Waals surface area (Å²) in [4.78, 5) is 21.5. The minimum atomic E-state index is -0.483. The highest BCUT2D eigenvalue weighted by Crippen LogP contribution is 2.16. The second-order valence-corrected chi connectivity index (χ2v) is 6.89. The van der Waals surface area contributed by atoms with Crippen molar-refractivity contribution in [2.45, 2.75) is 33.9 Å². The van der Waals surface area contributed by atoms with Crippen LogP contribution in [0, 0.1) is 13.8 Å². The van der Waals surface area contributed by atoms with Gasteiger partial charge in [0.25, 0.3) is 0 Å². The van der Waals surface area contributed by atoms with E-state index in [1.54, 1.807) is 11.3 Å². The molecule has 26 heavy (non-hydrogen) atoms. The number of ether oxygens (including phenoxy) is 1. The van der Waals surface area contributed by atoms with E-state index in [1.807, 2.05) is 45.0 Å². The van der Waals surface area contributed by atoms with Crippen LogP contribution in [0.3, 0.4) is 0 Å². The summed E-state index contributed by atoms with van der Waals surface area (Å²) in [5.41, 5.74) is 2.79. The van der Waals surface area contributed by atoms with Crippen molar-refractivity contribution in [1.82, 2.24) is 15.6 Å². The van der Waals surface area contributed by atoms with Crippen LogP contribution in [0.25, 0.3) is 0 Å². The van der Waals surface area contributed by atoms with Gasteiger partial charge in [-0.05, 0) is 38.5 Å². The van der Waals surface area contributed by atoms with Gasteiger partial charge in [0.05, 0.1) is 30.9 Å². The van der Waals surface area contributed by atoms with Crippen LogP contribution >= 0.6 is 11.3 Å². The van der Waals surface area contributed by atoms with Gasteiger partial charge in [0, 0.05) is 17.1 Å². The van der Waals surface area contributed by atoms with Crippen molar-refractivity contribution in [2.24, 2.45) is 4.99 Å². The number of carbonyl (C=O) groups is 1. The van der Waals surface area contributed by atoms with Crippen molar-refractivity contribution >= 4 is 29.1 Å². The van der Waals surface area contributed by atoms with E-state index < -0.39 is 6.09 Å². The van der Waals surface area contributed by atoms with Crippen molar-refractivity contribution in [1.29, 1.82) is 0 Å². The fourth-order valence-electron chi connectivity index (χ4n) is 2.28. The number of aliphatic imine (C=N–C) groups is 1. The third-order valence-electron chi connectivity index (χ3n) is 3.57. The molecule has 140 valence electrons. The van der Waals surface area contributed by atoms with Crippen molar-refractivity contribution in [2.75, 3.05) is 19.0 Å². The lowest BCUT2D eigenvalue weighted by atomic mass is 10.2. The zero-order valence-corrected chi connectivity index (χ0v) is 16.4. The molecule has 2 rings (SSSR count). The number of hydrogen-bond acceptors (Lipinski definition) is 5. The minimum absolute atomic E-state index is 0.483. The van der Waals surface area contributed by atoms with Gasteiger partial charge in [-0.3, -0.25) is 5.32 Å². The van der Waals surface area contributed by atoms with Crippen LogP contribution in [-0.4, -0.2) is 30.7 Å². The monoisotopic (exact) mass is 375 g/mol. The van der Waals surface area contributed by atoms with Gasteiger partial charge in [-0.2, -0.15) is 0 Å². The van der Waals surface area contributed by atoms with E-state index in [1.165, 1.54) is 12.0 Å². The maximum Gasteiger partial charge on any atom is 0.411 e. The van der Waals surface area contributed by atoms with Gasteiger partial charge in [0.1, 0.15) is 0 Å². The number of hydrogen-bond donors (Lipinski definition) is 3. The van der Waals surface area contributed by atoms with Crippen LogP contribution in [0.1, 0.15) is 28.1 Å². The van der Waals surface area contributed by atoms with Crippen molar-refractivity contribution in [3.8, 4) is 0 Å². The number of carbonyl (C=O) groups excluding carboxylic acids is 1. The predicted molar refractivity (Wildman–Crippen MR) is 106 cm³/mol. The van der Waals surface area contributed by atoms with Crippen LogP contribution in [0.15, 0.2) is 29.3 Å². The third-order valence-corrected chi connectivity index (χ3v) is 4.64. The largest absolute Gasteiger partial charge is 0.453 e. The molecule has 3 N–H and O–H groups in total. The highest BCUT2D eigenvalue weighted by molar-refractivity contribution is 7.11. The second kappa shape index (κ2) is 9.76. The molecule has 0 saturated carbocycles. The fourth-order valence-corrected chi connectivity index (χ4v) is 3.15. The number of amides is 1. The molecular formula is C18H25N5O2S. The smallest absolute Gasteiger partial charge is 0.411 e. The van der Waals surface area contributed by atoms with Gasteiger partial charge in [-0.1, -0.05) is 12.1 Å². The van der Waals surface area contributed by atoms with E-state index in [9.17, 15) is 4.79 Å². The number of thiazole rings is 1. The van der Waals surface area contributed by atoms with Gasteiger partial charge in [-0.15, -0.1) is 11.3 Å². The molecule has 0 bridgehead atoms. The summed E-state index contributed by atoms with van der Waals surface area (Å²) in [6.07, 6.45) is -0.483. The highest BCUT2D eigenvalue weighted by atomic mass is 32.1. The molecule has 0 spiro atoms. The molecule has 0 aliphatic heterocycles. The lowest BCUT2D eigenvalue weighted by Crippen LogP contribution is -2.36. The molecular weight excluding hydrogens is 350 g/mol. The number of nitrogens with one attached hydrogen (secondary N) is 3. The van der Waals surface area contributed by atoms with Gasteiger partial charge in [0.2, 0.25) is 0 Å². The number of aryl methyl sites for hydroxylation is 2. The molecule has 0 unspecified atom stereocenters. The standard InChI is InChI=1S/C18H25N5O2S/c1-5-19-17(21-11-16-12(2)22-13(3)26-16)20-10-14-6-8-15(9-7-14)23-18(24)25-4/h6-9H,5,10-11H2,1-4H3,(H,23,24)(H2,19,20,21). The molecule has 1 amide bonds. The van der Waals surface area contributed by atoms with E-state index in [4.69, 9.17) is 0 Å². The first kappa shape index (κ1) is 19.7. The summed E-state index contributed by atoms with van der Waals surface area (Å²) < 4.78 is 4.57. The Morgan fingerprint density at radius 3 is 2.54 bits per heavy atom. The van der Waals surface area contributed by atoms with Crippen LogP contribution in [0.5, 0.6) is 0 Å². The zero-order chi connectivity index (χ0) is 18.9. The van der Waals surface area contributed by atoms with Crippen LogP contribution < -0.4 is 16.0 Å². The van der Waals surface area contributed by atoms with Gasteiger partial charge in [0.15, 0.2) is 5.96 Å². The van der Waals surface area contributed by atoms with E-state index in [0.29, 0.717) is 18.8 Å². The summed E-state index contributed by atoms with van der Waals surface area (Å²) >= 11 is 1.70. The first-order valence-corrected chi connectivity index (χ1v) is 9.22. The molecule has 0 saturated heterocycles. The number of benzene rings is 1. The number of nitrogens with zero attached hydrogens (tertiary/aromatic N) is 2. The molecule has 1 heterocycles. The van der Waals surface area contributed by atoms with Crippen molar-refractivity contribution < 1.29 is 9.53 Å². The first-order chi connectivity index (χ1) is 12.5. The molecule has 0 fully saturated rings. The molecule has 2 aromatic rings. The van der Waals surface area contributed by atoms with E-state index in [2.05, 4.69) is 30.7 Å². The van der Waals surface area contributed by atoms with E-state index in [-0.39, 0.29) is 0 Å². The molecule has 0 aliphatic rings. The number of anilines is 1. The highest BCUT2D eigenvalue weighted by Gasteiger charge is 2.06. The Hall–Kier alpha value is -2.61. The summed E-state index contributed by atoms with van der Waals surface area (Å²) in [5.74, 6) is 0.759. The predicted octanol–water partition coefficient (Wildman–Crippen LogP) is 3.19. The first-order valence-electron chi connectivity index (χ1n) is 8.40. The summed E-state index contributed by atoms with van der Waals surface area (Å²) in [7, 11) is 1.34. The Balaban J connectivity index is 1.95. The van der Waals surface area contributed by atoms with E-state index >= 15 is 0 Å². The lowest BCUT2D eigenvalue weighted by molar-refractivity contribution is 0.187. The van der Waals surface area contributed by atoms with E-state index in [0.717, 1.165) is 28.8 Å². The molecule has 8 heteroatoms. The maximum atomic E-state index is 11.2. The SMILES string of the molecule is CCNC(=NCc1ccc(NC(=O)OC)cc1)NCc1sc(C)nc1C. The number of methoxy groups -OCH3 is 1. The molecule has 1 aromatic carbocycles. The number of rotatable bonds is 6. The summed E-state index contributed by atoms with van der Waals surface area (Å²) in [6, 6.07) is 7.50.